The van der Waals surface area contributed by atoms with Crippen molar-refractivity contribution in [1.82, 2.24) is 0 Å². The number of hydrogen-bond donors (Lipinski definition) is 0. The summed E-state index contributed by atoms with van der Waals surface area (Å²) in [5.74, 6) is 6.63. The van der Waals surface area contributed by atoms with Gasteiger partial charge in [0.25, 0.3) is 0 Å². The third-order valence-corrected chi connectivity index (χ3v) is 3.41. The molecule has 0 saturated heterocycles. The van der Waals surface area contributed by atoms with Crippen molar-refractivity contribution in [2.24, 2.45) is 5.92 Å². The number of esters is 1. The third kappa shape index (κ3) is 4.44. The average molecular weight is 256 g/mol. The van der Waals surface area contributed by atoms with Crippen molar-refractivity contribution < 1.29 is 9.53 Å². The lowest BCUT2D eigenvalue weighted by molar-refractivity contribution is -0.144. The maximum atomic E-state index is 11.2. The highest BCUT2D eigenvalue weighted by Gasteiger charge is 2.13. The summed E-state index contributed by atoms with van der Waals surface area (Å²) < 4.78 is 5.31. The van der Waals surface area contributed by atoms with E-state index in [1.54, 1.807) is 0 Å². The lowest BCUT2D eigenvalue weighted by atomic mass is 9.89. The number of carbonyl (C=O) groups is 1. The van der Waals surface area contributed by atoms with E-state index in [4.69, 9.17) is 4.74 Å². The summed E-state index contributed by atoms with van der Waals surface area (Å²) in [5.41, 5.74) is 0.945. The molecule has 0 aliphatic heterocycles. The van der Waals surface area contributed by atoms with E-state index >= 15 is 0 Å². The SMILES string of the molecule is CC(=O)OC(C#CC1CCCCC1)c1ccccc1. The van der Waals surface area contributed by atoms with Crippen LogP contribution in [-0.4, -0.2) is 5.97 Å². The maximum absolute atomic E-state index is 11.2. The van der Waals surface area contributed by atoms with Crippen LogP contribution in [0.1, 0.15) is 50.7 Å². The molecule has 1 aromatic carbocycles. The Morgan fingerprint density at radius 3 is 2.53 bits per heavy atom. The minimum atomic E-state index is -0.430. The van der Waals surface area contributed by atoms with Gasteiger partial charge in [-0.05, 0) is 12.8 Å². The van der Waals surface area contributed by atoms with E-state index in [1.165, 1.54) is 39.0 Å². The van der Waals surface area contributed by atoms with Gasteiger partial charge < -0.3 is 4.74 Å². The molecule has 1 fully saturated rings. The van der Waals surface area contributed by atoms with Crippen molar-refractivity contribution >= 4 is 5.97 Å². The smallest absolute Gasteiger partial charge is 0.304 e. The lowest BCUT2D eigenvalue weighted by Gasteiger charge is -2.16. The first-order valence-corrected chi connectivity index (χ1v) is 6.99. The molecular weight excluding hydrogens is 236 g/mol. The Balaban J connectivity index is 2.09. The Kier molecular flexibility index (Phi) is 5.03. The van der Waals surface area contributed by atoms with Gasteiger partial charge in [-0.3, -0.25) is 4.79 Å². The standard InChI is InChI=1S/C17H20O2/c1-14(18)19-17(16-10-6-3-7-11-16)13-12-15-8-4-2-5-9-15/h3,6-7,10-11,15,17H,2,4-5,8-9H2,1H3. The van der Waals surface area contributed by atoms with Gasteiger partial charge in [-0.15, -0.1) is 0 Å². The summed E-state index contributed by atoms with van der Waals surface area (Å²) >= 11 is 0. The minimum Gasteiger partial charge on any atom is -0.444 e. The van der Waals surface area contributed by atoms with E-state index in [9.17, 15) is 4.79 Å². The molecular formula is C17H20O2. The predicted octanol–water partition coefficient (Wildman–Crippen LogP) is 3.87. The number of rotatable bonds is 2. The van der Waals surface area contributed by atoms with Crippen molar-refractivity contribution in [3.05, 3.63) is 35.9 Å². The maximum Gasteiger partial charge on any atom is 0.304 e. The van der Waals surface area contributed by atoms with Crippen LogP contribution in [0, 0.1) is 17.8 Å². The van der Waals surface area contributed by atoms with Crippen LogP contribution in [0.15, 0.2) is 30.3 Å². The fourth-order valence-corrected chi connectivity index (χ4v) is 2.42. The Bertz CT molecular complexity index is 461. The monoisotopic (exact) mass is 256 g/mol. The van der Waals surface area contributed by atoms with E-state index in [2.05, 4.69) is 11.8 Å². The molecule has 1 saturated carbocycles. The molecule has 0 N–H and O–H groups in total. The normalized spacial score (nSPS) is 17.1. The van der Waals surface area contributed by atoms with Gasteiger partial charge in [0.1, 0.15) is 0 Å². The van der Waals surface area contributed by atoms with Gasteiger partial charge in [-0.25, -0.2) is 0 Å². The molecule has 0 spiro atoms. The van der Waals surface area contributed by atoms with Gasteiger partial charge in [0.05, 0.1) is 0 Å². The van der Waals surface area contributed by atoms with Gasteiger partial charge in [-0.1, -0.05) is 61.4 Å². The summed E-state index contributed by atoms with van der Waals surface area (Å²) in [6, 6.07) is 9.72. The third-order valence-electron chi connectivity index (χ3n) is 3.41. The second-order valence-corrected chi connectivity index (χ2v) is 5.02. The molecule has 1 atom stereocenters. The summed E-state index contributed by atoms with van der Waals surface area (Å²) in [5, 5.41) is 0. The Morgan fingerprint density at radius 2 is 1.89 bits per heavy atom. The molecule has 0 radical (unpaired) electrons. The van der Waals surface area contributed by atoms with E-state index in [1.807, 2.05) is 30.3 Å². The first kappa shape index (κ1) is 13.7. The highest BCUT2D eigenvalue weighted by atomic mass is 16.5. The summed E-state index contributed by atoms with van der Waals surface area (Å²) in [6.45, 7) is 1.43. The largest absolute Gasteiger partial charge is 0.444 e. The Labute approximate surface area is 115 Å². The molecule has 2 heteroatoms. The molecule has 0 amide bonds. The fourth-order valence-electron chi connectivity index (χ4n) is 2.42. The van der Waals surface area contributed by atoms with Crippen LogP contribution in [0.25, 0.3) is 0 Å². The van der Waals surface area contributed by atoms with Crippen LogP contribution in [0.4, 0.5) is 0 Å². The van der Waals surface area contributed by atoms with Crippen molar-refractivity contribution in [1.29, 1.82) is 0 Å². The van der Waals surface area contributed by atoms with Gasteiger partial charge >= 0.3 is 5.97 Å². The number of ether oxygens (including phenoxy) is 1. The van der Waals surface area contributed by atoms with Gasteiger partial charge in [0, 0.05) is 18.4 Å². The molecule has 1 aliphatic rings. The summed E-state index contributed by atoms with van der Waals surface area (Å²) in [4.78, 5) is 11.2. The average Bonchev–Trinajstić information content (AvgIpc) is 2.45. The van der Waals surface area contributed by atoms with Crippen LogP contribution in [-0.2, 0) is 9.53 Å². The Hall–Kier alpha value is -1.75. The van der Waals surface area contributed by atoms with Crippen molar-refractivity contribution in [2.75, 3.05) is 0 Å². The molecule has 0 heterocycles. The molecule has 2 nitrogen and oxygen atoms in total. The quantitative estimate of drug-likeness (QED) is 0.593. The highest BCUT2D eigenvalue weighted by Crippen LogP contribution is 2.24. The zero-order valence-electron chi connectivity index (χ0n) is 11.4. The highest BCUT2D eigenvalue weighted by molar-refractivity contribution is 5.66. The second kappa shape index (κ2) is 6.99. The molecule has 0 aromatic heterocycles. The minimum absolute atomic E-state index is 0.285. The summed E-state index contributed by atoms with van der Waals surface area (Å²) in [7, 11) is 0. The summed E-state index contributed by atoms with van der Waals surface area (Å²) in [6.07, 6.45) is 5.78. The van der Waals surface area contributed by atoms with Crippen molar-refractivity contribution in [2.45, 2.75) is 45.1 Å². The first-order chi connectivity index (χ1) is 9.25. The zero-order chi connectivity index (χ0) is 13.5. The topological polar surface area (TPSA) is 26.3 Å². The first-order valence-electron chi connectivity index (χ1n) is 6.99. The number of hydrogen-bond acceptors (Lipinski definition) is 2. The van der Waals surface area contributed by atoms with E-state index in [0.717, 1.165) is 5.56 Å². The predicted molar refractivity (Wildman–Crippen MR) is 75.3 cm³/mol. The molecule has 19 heavy (non-hydrogen) atoms. The molecule has 2 rings (SSSR count). The number of benzene rings is 1. The van der Waals surface area contributed by atoms with E-state index in [-0.39, 0.29) is 5.97 Å². The van der Waals surface area contributed by atoms with Crippen LogP contribution < -0.4 is 0 Å². The van der Waals surface area contributed by atoms with Crippen molar-refractivity contribution in [3.63, 3.8) is 0 Å². The Morgan fingerprint density at radius 1 is 1.21 bits per heavy atom. The lowest BCUT2D eigenvalue weighted by Crippen LogP contribution is -2.08. The molecule has 1 aromatic rings. The van der Waals surface area contributed by atoms with Crippen LogP contribution in [0.5, 0.6) is 0 Å². The van der Waals surface area contributed by atoms with Crippen molar-refractivity contribution in [3.8, 4) is 11.8 Å². The number of carbonyl (C=O) groups excluding carboxylic acids is 1. The molecule has 1 aliphatic carbocycles. The van der Waals surface area contributed by atoms with E-state index in [0.29, 0.717) is 5.92 Å². The van der Waals surface area contributed by atoms with Crippen LogP contribution >= 0.6 is 0 Å². The molecule has 1 unspecified atom stereocenters. The molecule has 100 valence electrons. The van der Waals surface area contributed by atoms with Gasteiger partial charge in [0.2, 0.25) is 0 Å². The van der Waals surface area contributed by atoms with Crippen LogP contribution in [0.3, 0.4) is 0 Å². The van der Waals surface area contributed by atoms with Gasteiger partial charge in [0.15, 0.2) is 6.10 Å². The van der Waals surface area contributed by atoms with Crippen LogP contribution in [0.2, 0.25) is 0 Å². The fraction of sp³-hybridized carbons (Fsp3) is 0.471. The second-order valence-electron chi connectivity index (χ2n) is 5.02. The molecule has 0 bridgehead atoms. The zero-order valence-corrected chi connectivity index (χ0v) is 11.4. The van der Waals surface area contributed by atoms with E-state index < -0.39 is 6.10 Å². The van der Waals surface area contributed by atoms with Gasteiger partial charge in [-0.2, -0.15) is 0 Å².